The quantitative estimate of drug-likeness (QED) is 0.377. The maximum atomic E-state index is 6.07. The lowest BCUT2D eigenvalue weighted by atomic mass is 10.0. The summed E-state index contributed by atoms with van der Waals surface area (Å²) in [6, 6.07) is 16.6. The standard InChI is InChI=1S/C21H29NOSi/c1-5-9-17-10-8-13-20-21(17)18-11-6-7-12-19(18)22(20)16-23-14-15-24(2,3)4/h6-8,10-13H,5,9,14-16H2,1-4H3. The third kappa shape index (κ3) is 3.57. The molecule has 0 saturated carbocycles. The van der Waals surface area contributed by atoms with E-state index in [9.17, 15) is 0 Å². The molecule has 0 unspecified atom stereocenters. The molecule has 3 heteroatoms. The second-order valence-electron chi connectivity index (χ2n) is 7.85. The molecule has 0 fully saturated rings. The first-order chi connectivity index (χ1) is 11.5. The molecule has 0 bridgehead atoms. The van der Waals surface area contributed by atoms with E-state index in [1.807, 2.05) is 0 Å². The van der Waals surface area contributed by atoms with Crippen LogP contribution in [0.2, 0.25) is 25.7 Å². The summed E-state index contributed by atoms with van der Waals surface area (Å²) < 4.78 is 8.41. The maximum Gasteiger partial charge on any atom is 0.123 e. The summed E-state index contributed by atoms with van der Waals surface area (Å²) in [7, 11) is -1.04. The molecule has 2 aromatic carbocycles. The molecule has 1 heterocycles. The SMILES string of the molecule is CCCc1cccc2c1c1ccccc1n2COCC[Si](C)(C)C. The Balaban J connectivity index is 1.98. The minimum absolute atomic E-state index is 0.643. The normalized spacial score (nSPS) is 12.3. The van der Waals surface area contributed by atoms with Crippen LogP contribution < -0.4 is 0 Å². The molecule has 3 rings (SSSR count). The van der Waals surface area contributed by atoms with Crippen LogP contribution in [0.1, 0.15) is 18.9 Å². The summed E-state index contributed by atoms with van der Waals surface area (Å²) in [5.74, 6) is 0. The molecule has 0 N–H and O–H groups in total. The van der Waals surface area contributed by atoms with Crippen LogP contribution in [0.25, 0.3) is 21.8 Å². The van der Waals surface area contributed by atoms with Gasteiger partial charge in [-0.1, -0.05) is 63.3 Å². The molecule has 2 nitrogen and oxygen atoms in total. The van der Waals surface area contributed by atoms with Gasteiger partial charge in [0.25, 0.3) is 0 Å². The molecule has 0 radical (unpaired) electrons. The number of fused-ring (bicyclic) bond motifs is 3. The van der Waals surface area contributed by atoms with Gasteiger partial charge in [0.2, 0.25) is 0 Å². The van der Waals surface area contributed by atoms with Gasteiger partial charge in [0.1, 0.15) is 6.73 Å². The Hall–Kier alpha value is -1.58. The average Bonchev–Trinajstić information content (AvgIpc) is 2.86. The minimum atomic E-state index is -1.04. The van der Waals surface area contributed by atoms with Crippen LogP contribution in [0.4, 0.5) is 0 Å². The van der Waals surface area contributed by atoms with Crippen molar-refractivity contribution in [3.05, 3.63) is 48.0 Å². The summed E-state index contributed by atoms with van der Waals surface area (Å²) in [6.45, 7) is 10.9. The van der Waals surface area contributed by atoms with Crippen molar-refractivity contribution < 1.29 is 4.74 Å². The predicted octanol–water partition coefficient (Wildman–Crippen LogP) is 6.06. The average molecular weight is 340 g/mol. The largest absolute Gasteiger partial charge is 0.361 e. The van der Waals surface area contributed by atoms with E-state index >= 15 is 0 Å². The maximum absolute atomic E-state index is 6.07. The van der Waals surface area contributed by atoms with Crippen molar-refractivity contribution in [2.75, 3.05) is 6.61 Å². The number of aromatic nitrogens is 1. The van der Waals surface area contributed by atoms with Gasteiger partial charge in [0.05, 0.1) is 11.0 Å². The zero-order chi connectivity index (χ0) is 17.2. The van der Waals surface area contributed by atoms with Gasteiger partial charge in [0.15, 0.2) is 0 Å². The highest BCUT2D eigenvalue weighted by Gasteiger charge is 2.15. The van der Waals surface area contributed by atoms with Gasteiger partial charge in [-0.2, -0.15) is 0 Å². The van der Waals surface area contributed by atoms with Crippen molar-refractivity contribution in [3.63, 3.8) is 0 Å². The fraction of sp³-hybridized carbons (Fsp3) is 0.429. The van der Waals surface area contributed by atoms with Crippen LogP contribution >= 0.6 is 0 Å². The van der Waals surface area contributed by atoms with Crippen molar-refractivity contribution in [1.29, 1.82) is 0 Å². The van der Waals surface area contributed by atoms with Gasteiger partial charge in [-0.15, -0.1) is 0 Å². The minimum Gasteiger partial charge on any atom is -0.361 e. The highest BCUT2D eigenvalue weighted by atomic mass is 28.3. The summed E-state index contributed by atoms with van der Waals surface area (Å²) in [4.78, 5) is 0. The van der Waals surface area contributed by atoms with E-state index in [0.29, 0.717) is 6.73 Å². The Bertz CT molecular complexity index is 829. The van der Waals surface area contributed by atoms with Crippen molar-refractivity contribution in [1.82, 2.24) is 4.57 Å². The molecule has 0 aliphatic heterocycles. The fourth-order valence-corrected chi connectivity index (χ4v) is 4.08. The van der Waals surface area contributed by atoms with Crippen molar-refractivity contribution >= 4 is 29.9 Å². The molecule has 0 spiro atoms. The van der Waals surface area contributed by atoms with Gasteiger partial charge < -0.3 is 9.30 Å². The number of ether oxygens (including phenoxy) is 1. The van der Waals surface area contributed by atoms with Crippen LogP contribution in [0.5, 0.6) is 0 Å². The fourth-order valence-electron chi connectivity index (χ4n) is 3.32. The van der Waals surface area contributed by atoms with Crippen molar-refractivity contribution in [3.8, 4) is 0 Å². The Labute approximate surface area is 146 Å². The van der Waals surface area contributed by atoms with E-state index in [4.69, 9.17) is 4.74 Å². The van der Waals surface area contributed by atoms with E-state index in [-0.39, 0.29) is 0 Å². The Morgan fingerprint density at radius 2 is 1.71 bits per heavy atom. The molecule has 128 valence electrons. The molecule has 0 aliphatic carbocycles. The molecule has 0 amide bonds. The number of aryl methyl sites for hydroxylation is 1. The molecule has 1 aromatic heterocycles. The molecule has 0 atom stereocenters. The van der Waals surface area contributed by atoms with Gasteiger partial charge in [-0.05, 0) is 30.2 Å². The second-order valence-corrected chi connectivity index (χ2v) is 13.5. The van der Waals surface area contributed by atoms with E-state index < -0.39 is 8.07 Å². The molecule has 0 aliphatic rings. The zero-order valence-electron chi connectivity index (χ0n) is 15.4. The highest BCUT2D eigenvalue weighted by molar-refractivity contribution is 6.76. The lowest BCUT2D eigenvalue weighted by Gasteiger charge is -2.16. The van der Waals surface area contributed by atoms with E-state index in [1.54, 1.807) is 0 Å². The Morgan fingerprint density at radius 3 is 2.46 bits per heavy atom. The molecular weight excluding hydrogens is 310 g/mol. The number of rotatable bonds is 7. The number of nitrogens with zero attached hydrogens (tertiary/aromatic N) is 1. The number of hydrogen-bond acceptors (Lipinski definition) is 1. The van der Waals surface area contributed by atoms with Crippen molar-refractivity contribution in [2.24, 2.45) is 0 Å². The van der Waals surface area contributed by atoms with Gasteiger partial charge in [0, 0.05) is 25.5 Å². The highest BCUT2D eigenvalue weighted by Crippen LogP contribution is 2.32. The van der Waals surface area contributed by atoms with Crippen LogP contribution in [0.3, 0.4) is 0 Å². The third-order valence-corrected chi connectivity index (χ3v) is 6.32. The van der Waals surface area contributed by atoms with E-state index in [0.717, 1.165) is 13.0 Å². The van der Waals surface area contributed by atoms with Crippen molar-refractivity contribution in [2.45, 2.75) is 52.2 Å². The number of para-hydroxylation sites is 1. The monoisotopic (exact) mass is 339 g/mol. The van der Waals surface area contributed by atoms with Crippen LogP contribution in [0, 0.1) is 0 Å². The van der Waals surface area contributed by atoms with Crippen LogP contribution in [-0.4, -0.2) is 19.2 Å². The summed E-state index contributed by atoms with van der Waals surface area (Å²) >= 11 is 0. The molecule has 3 aromatic rings. The third-order valence-electron chi connectivity index (χ3n) is 4.62. The summed E-state index contributed by atoms with van der Waals surface area (Å²) in [5, 5.41) is 2.76. The van der Waals surface area contributed by atoms with Crippen LogP contribution in [0.15, 0.2) is 42.5 Å². The first-order valence-electron chi connectivity index (χ1n) is 9.08. The zero-order valence-corrected chi connectivity index (χ0v) is 16.4. The first kappa shape index (κ1) is 17.2. The predicted molar refractivity (Wildman–Crippen MR) is 108 cm³/mol. The lowest BCUT2D eigenvalue weighted by molar-refractivity contribution is 0.0929. The Morgan fingerprint density at radius 1 is 0.958 bits per heavy atom. The summed E-state index contributed by atoms with van der Waals surface area (Å²) in [6.07, 6.45) is 2.30. The first-order valence-corrected chi connectivity index (χ1v) is 12.8. The van der Waals surface area contributed by atoms with E-state index in [2.05, 4.69) is 73.6 Å². The molecular formula is C21H29NOSi. The molecule has 24 heavy (non-hydrogen) atoms. The lowest BCUT2D eigenvalue weighted by Crippen LogP contribution is -2.22. The topological polar surface area (TPSA) is 14.2 Å². The summed E-state index contributed by atoms with van der Waals surface area (Å²) in [5.41, 5.74) is 4.03. The van der Waals surface area contributed by atoms with E-state index in [1.165, 1.54) is 39.8 Å². The van der Waals surface area contributed by atoms with Gasteiger partial charge >= 0.3 is 0 Å². The van der Waals surface area contributed by atoms with Crippen LogP contribution in [-0.2, 0) is 17.9 Å². The molecule has 0 saturated heterocycles. The smallest absolute Gasteiger partial charge is 0.123 e. The number of hydrogen-bond donors (Lipinski definition) is 0. The Kier molecular flexibility index (Phi) is 5.11. The van der Waals surface area contributed by atoms with Gasteiger partial charge in [-0.25, -0.2) is 0 Å². The number of benzene rings is 2. The van der Waals surface area contributed by atoms with Gasteiger partial charge in [-0.3, -0.25) is 0 Å². The second kappa shape index (κ2) is 7.12.